The van der Waals surface area contributed by atoms with Crippen molar-refractivity contribution in [3.63, 3.8) is 0 Å². The Morgan fingerprint density at radius 3 is 1.91 bits per heavy atom. The highest BCUT2D eigenvalue weighted by Crippen LogP contribution is 2.51. The van der Waals surface area contributed by atoms with Gasteiger partial charge in [0.05, 0.1) is 11.0 Å². The number of aromatic nitrogens is 1. The molecule has 1 aromatic heterocycles. The first kappa shape index (κ1) is 21.7. The molecule has 1 heteroatoms. The number of pyridine rings is 1. The van der Waals surface area contributed by atoms with Crippen molar-refractivity contribution < 1.29 is 4.57 Å². The van der Waals surface area contributed by atoms with Gasteiger partial charge in [0.2, 0.25) is 5.69 Å². The van der Waals surface area contributed by atoms with Crippen LogP contribution in [0.3, 0.4) is 0 Å². The fraction of sp³-hybridized carbons (Fsp3) is 0.516. The fourth-order valence-electron chi connectivity index (χ4n) is 6.80. The molecule has 1 aliphatic heterocycles. The molecule has 0 saturated carbocycles. The minimum absolute atomic E-state index is 0.0321. The molecule has 32 heavy (non-hydrogen) atoms. The van der Waals surface area contributed by atoms with Crippen LogP contribution in [0.25, 0.3) is 22.0 Å². The van der Waals surface area contributed by atoms with Gasteiger partial charge in [0, 0.05) is 24.8 Å². The summed E-state index contributed by atoms with van der Waals surface area (Å²) in [5, 5.41) is 2.77. The normalized spacial score (nSPS) is 27.5. The molecule has 0 bridgehead atoms. The maximum atomic E-state index is 2.63. The maximum absolute atomic E-state index is 2.63. The number of nitrogens with zero attached hydrogens (tertiary/aromatic N) is 1. The lowest BCUT2D eigenvalue weighted by Gasteiger charge is -2.46. The van der Waals surface area contributed by atoms with Crippen molar-refractivity contribution in [2.45, 2.75) is 103 Å². The molecule has 0 spiro atoms. The molecular formula is C31H40N+. The Labute approximate surface area is 194 Å². The molecule has 0 radical (unpaired) electrons. The van der Waals surface area contributed by atoms with Crippen LogP contribution < -0.4 is 4.57 Å². The van der Waals surface area contributed by atoms with Crippen molar-refractivity contribution >= 4 is 10.8 Å². The van der Waals surface area contributed by atoms with Crippen LogP contribution in [-0.2, 0) is 21.8 Å². The molecule has 0 fully saturated rings. The van der Waals surface area contributed by atoms with Crippen LogP contribution in [0.4, 0.5) is 0 Å². The molecule has 2 atom stereocenters. The third kappa shape index (κ3) is 2.66. The summed E-state index contributed by atoms with van der Waals surface area (Å²) >= 11 is 0. The molecule has 2 unspecified atom stereocenters. The zero-order valence-corrected chi connectivity index (χ0v) is 21.4. The SMILES string of the molecule is CCC1(C)c2ccccc2-c2cc3cc4c(cc3c[n+]2C1(C)CC)C(C)(C)CCC4(C)C. The molecular weight excluding hydrogens is 386 g/mol. The van der Waals surface area contributed by atoms with Crippen LogP contribution in [-0.4, -0.2) is 0 Å². The second-order valence-electron chi connectivity index (χ2n) is 12.2. The molecule has 168 valence electrons. The third-order valence-electron chi connectivity index (χ3n) is 9.79. The Kier molecular flexibility index (Phi) is 4.53. The van der Waals surface area contributed by atoms with Crippen LogP contribution in [0.5, 0.6) is 0 Å². The van der Waals surface area contributed by atoms with E-state index >= 15 is 0 Å². The molecule has 3 aromatic rings. The Balaban J connectivity index is 1.88. The minimum atomic E-state index is 0.0321. The van der Waals surface area contributed by atoms with Gasteiger partial charge in [0.15, 0.2) is 11.7 Å². The molecule has 2 aliphatic rings. The second-order valence-corrected chi connectivity index (χ2v) is 12.2. The first-order valence-corrected chi connectivity index (χ1v) is 12.6. The van der Waals surface area contributed by atoms with Gasteiger partial charge in [0.1, 0.15) is 0 Å². The quantitative estimate of drug-likeness (QED) is 0.366. The van der Waals surface area contributed by atoms with Gasteiger partial charge in [-0.15, -0.1) is 0 Å². The van der Waals surface area contributed by atoms with Gasteiger partial charge in [-0.05, 0) is 77.3 Å². The monoisotopic (exact) mass is 426 g/mol. The average molecular weight is 427 g/mol. The van der Waals surface area contributed by atoms with Crippen LogP contribution >= 0.6 is 0 Å². The van der Waals surface area contributed by atoms with E-state index in [-0.39, 0.29) is 21.8 Å². The van der Waals surface area contributed by atoms with Gasteiger partial charge in [-0.3, -0.25) is 0 Å². The van der Waals surface area contributed by atoms with Crippen LogP contribution in [0.15, 0.2) is 48.7 Å². The van der Waals surface area contributed by atoms with E-state index in [0.717, 1.165) is 12.8 Å². The van der Waals surface area contributed by atoms with E-state index in [9.17, 15) is 0 Å². The van der Waals surface area contributed by atoms with Crippen molar-refractivity contribution in [3.05, 3.63) is 65.4 Å². The maximum Gasteiger partial charge on any atom is 0.213 e. The summed E-state index contributed by atoms with van der Waals surface area (Å²) in [6.45, 7) is 19.4. The predicted molar refractivity (Wildman–Crippen MR) is 136 cm³/mol. The lowest BCUT2D eigenvalue weighted by Crippen LogP contribution is -2.67. The van der Waals surface area contributed by atoms with E-state index in [1.165, 1.54) is 40.4 Å². The standard InChI is InChI=1S/C31H40N/c1-9-30(7)24-14-12-11-13-23(24)27-19-21-17-25-26(29(5,6)16-15-28(25,3)4)18-22(21)20-32(27)31(30,8)10-2/h11-14,17-20H,9-10,15-16H2,1-8H3/q+1. The van der Waals surface area contributed by atoms with Gasteiger partial charge in [0.25, 0.3) is 0 Å². The Morgan fingerprint density at radius 2 is 1.31 bits per heavy atom. The molecule has 0 amide bonds. The highest BCUT2D eigenvalue weighted by molar-refractivity contribution is 5.87. The van der Waals surface area contributed by atoms with E-state index in [4.69, 9.17) is 0 Å². The lowest BCUT2D eigenvalue weighted by molar-refractivity contribution is -0.764. The summed E-state index contributed by atoms with van der Waals surface area (Å²) in [4.78, 5) is 0. The van der Waals surface area contributed by atoms with Crippen LogP contribution in [0, 0.1) is 0 Å². The first-order valence-electron chi connectivity index (χ1n) is 12.6. The summed E-state index contributed by atoms with van der Waals surface area (Å²) in [6, 6.07) is 16.7. The Bertz CT molecular complexity index is 1230. The minimum Gasteiger partial charge on any atom is -0.192 e. The summed E-state index contributed by atoms with van der Waals surface area (Å²) in [5.41, 5.74) is 7.98. The molecule has 2 aromatic carbocycles. The second kappa shape index (κ2) is 6.69. The van der Waals surface area contributed by atoms with Crippen molar-refractivity contribution in [1.82, 2.24) is 0 Å². The number of hydrogen-bond acceptors (Lipinski definition) is 0. The van der Waals surface area contributed by atoms with Crippen LogP contribution in [0.1, 0.15) is 97.8 Å². The number of rotatable bonds is 2. The summed E-state index contributed by atoms with van der Waals surface area (Å²) in [7, 11) is 0. The smallest absolute Gasteiger partial charge is 0.192 e. The molecule has 5 rings (SSSR count). The highest BCUT2D eigenvalue weighted by Gasteiger charge is 2.56. The topological polar surface area (TPSA) is 3.88 Å². The number of hydrogen-bond donors (Lipinski definition) is 0. The van der Waals surface area contributed by atoms with Crippen molar-refractivity contribution in [2.75, 3.05) is 0 Å². The number of fused-ring (bicyclic) bond motifs is 5. The largest absolute Gasteiger partial charge is 0.213 e. The fourth-order valence-corrected chi connectivity index (χ4v) is 6.80. The zero-order chi connectivity index (χ0) is 23.1. The summed E-state index contributed by atoms with van der Waals surface area (Å²) in [6.07, 6.45) is 7.23. The van der Waals surface area contributed by atoms with Gasteiger partial charge in [-0.25, -0.2) is 0 Å². The first-order chi connectivity index (χ1) is 15.0. The summed E-state index contributed by atoms with van der Waals surface area (Å²) < 4.78 is 2.63. The van der Waals surface area contributed by atoms with Crippen LogP contribution in [0.2, 0.25) is 0 Å². The number of benzene rings is 2. The third-order valence-corrected chi connectivity index (χ3v) is 9.79. The molecule has 1 nitrogen and oxygen atoms in total. The van der Waals surface area contributed by atoms with E-state index in [1.807, 2.05) is 0 Å². The van der Waals surface area contributed by atoms with Crippen molar-refractivity contribution in [3.8, 4) is 11.3 Å². The van der Waals surface area contributed by atoms with E-state index in [1.54, 1.807) is 11.1 Å². The zero-order valence-electron chi connectivity index (χ0n) is 21.4. The highest BCUT2D eigenvalue weighted by atomic mass is 15.1. The van der Waals surface area contributed by atoms with Gasteiger partial charge < -0.3 is 0 Å². The van der Waals surface area contributed by atoms with Crippen molar-refractivity contribution in [1.29, 1.82) is 0 Å². The molecule has 2 heterocycles. The molecule has 0 saturated heterocycles. The Morgan fingerprint density at radius 1 is 0.719 bits per heavy atom. The average Bonchev–Trinajstić information content (AvgIpc) is 2.78. The summed E-state index contributed by atoms with van der Waals surface area (Å²) in [5.74, 6) is 0. The van der Waals surface area contributed by atoms with Gasteiger partial charge in [-0.1, -0.05) is 59.7 Å². The van der Waals surface area contributed by atoms with E-state index in [2.05, 4.69) is 109 Å². The van der Waals surface area contributed by atoms with Crippen molar-refractivity contribution in [2.24, 2.45) is 0 Å². The van der Waals surface area contributed by atoms with E-state index < -0.39 is 0 Å². The molecule has 0 N–H and O–H groups in total. The van der Waals surface area contributed by atoms with Gasteiger partial charge in [-0.2, -0.15) is 4.57 Å². The molecule has 1 aliphatic carbocycles. The Hall–Kier alpha value is -2.15. The predicted octanol–water partition coefficient (Wildman–Crippen LogP) is 7.95. The lowest BCUT2D eigenvalue weighted by atomic mass is 9.60. The van der Waals surface area contributed by atoms with Gasteiger partial charge >= 0.3 is 0 Å². The van der Waals surface area contributed by atoms with E-state index in [0.29, 0.717) is 0 Å².